The van der Waals surface area contributed by atoms with Crippen molar-refractivity contribution >= 4 is 0 Å². The molecule has 1 aromatic rings. The van der Waals surface area contributed by atoms with E-state index in [0.29, 0.717) is 23.3 Å². The molecule has 1 aliphatic carbocycles. The minimum atomic E-state index is -0.694. The molecule has 0 aliphatic heterocycles. The summed E-state index contributed by atoms with van der Waals surface area (Å²) in [5.74, 6) is -0.0488. The SMILES string of the molecule is CCCCC=CCc1cc(OC)c([C@H]2CC[C@H](CCCCC)CC2)c(F)c1F. The average Bonchev–Trinajstić information content (AvgIpc) is 2.71. The monoisotopic (exact) mass is 392 g/mol. The minimum absolute atomic E-state index is 0.0704. The van der Waals surface area contributed by atoms with E-state index < -0.39 is 11.6 Å². The summed E-state index contributed by atoms with van der Waals surface area (Å²) in [6.45, 7) is 4.37. The largest absolute Gasteiger partial charge is 0.496 e. The maximum atomic E-state index is 15.0. The van der Waals surface area contributed by atoms with Gasteiger partial charge in [0.05, 0.1) is 7.11 Å². The molecule has 0 saturated heterocycles. The van der Waals surface area contributed by atoms with Gasteiger partial charge in [-0.1, -0.05) is 64.5 Å². The van der Waals surface area contributed by atoms with E-state index >= 15 is 0 Å². The molecule has 2 rings (SSSR count). The highest BCUT2D eigenvalue weighted by Gasteiger charge is 2.29. The van der Waals surface area contributed by atoms with Crippen LogP contribution in [0.15, 0.2) is 18.2 Å². The predicted molar refractivity (Wildman–Crippen MR) is 114 cm³/mol. The first-order valence-electron chi connectivity index (χ1n) is 11.3. The number of hydrogen-bond donors (Lipinski definition) is 0. The Morgan fingerprint density at radius 1 is 0.964 bits per heavy atom. The van der Waals surface area contributed by atoms with E-state index in [1.54, 1.807) is 13.2 Å². The summed E-state index contributed by atoms with van der Waals surface area (Å²) in [6, 6.07) is 1.71. The van der Waals surface area contributed by atoms with Crippen molar-refractivity contribution in [1.82, 2.24) is 0 Å². The Kier molecular flexibility index (Phi) is 10.0. The van der Waals surface area contributed by atoms with Gasteiger partial charge in [0.1, 0.15) is 5.75 Å². The lowest BCUT2D eigenvalue weighted by Gasteiger charge is -2.30. The molecule has 0 amide bonds. The Morgan fingerprint density at radius 2 is 1.68 bits per heavy atom. The van der Waals surface area contributed by atoms with Crippen LogP contribution in [0.5, 0.6) is 5.75 Å². The van der Waals surface area contributed by atoms with Gasteiger partial charge in [-0.25, -0.2) is 8.78 Å². The molecule has 0 bridgehead atoms. The second-order valence-electron chi connectivity index (χ2n) is 8.31. The number of halogens is 2. The van der Waals surface area contributed by atoms with Crippen molar-refractivity contribution in [2.24, 2.45) is 5.92 Å². The van der Waals surface area contributed by atoms with Gasteiger partial charge in [0.2, 0.25) is 0 Å². The molecule has 28 heavy (non-hydrogen) atoms. The van der Waals surface area contributed by atoms with E-state index in [0.717, 1.165) is 50.9 Å². The highest BCUT2D eigenvalue weighted by atomic mass is 19.2. The Labute approximate surface area is 170 Å². The minimum Gasteiger partial charge on any atom is -0.496 e. The molecule has 1 aliphatic rings. The van der Waals surface area contributed by atoms with Gasteiger partial charge in [-0.05, 0) is 62.0 Å². The summed E-state index contributed by atoms with van der Waals surface area (Å²) in [4.78, 5) is 0. The van der Waals surface area contributed by atoms with E-state index in [2.05, 4.69) is 19.9 Å². The second-order valence-corrected chi connectivity index (χ2v) is 8.31. The van der Waals surface area contributed by atoms with Crippen molar-refractivity contribution in [3.63, 3.8) is 0 Å². The summed E-state index contributed by atoms with van der Waals surface area (Å²) in [5.41, 5.74) is 0.852. The number of benzene rings is 1. The molecule has 0 heterocycles. The summed E-state index contributed by atoms with van der Waals surface area (Å²) in [7, 11) is 1.56. The van der Waals surface area contributed by atoms with Crippen LogP contribution >= 0.6 is 0 Å². The first-order chi connectivity index (χ1) is 13.6. The fraction of sp³-hybridized carbons (Fsp3) is 0.680. The maximum absolute atomic E-state index is 15.0. The highest BCUT2D eigenvalue weighted by molar-refractivity contribution is 5.43. The van der Waals surface area contributed by atoms with E-state index in [1.807, 2.05) is 6.08 Å². The van der Waals surface area contributed by atoms with Crippen LogP contribution in [0.25, 0.3) is 0 Å². The zero-order chi connectivity index (χ0) is 20.4. The van der Waals surface area contributed by atoms with Crippen LogP contribution in [0.1, 0.15) is 102 Å². The van der Waals surface area contributed by atoms with E-state index in [9.17, 15) is 8.78 Å². The third-order valence-corrected chi connectivity index (χ3v) is 6.20. The van der Waals surface area contributed by atoms with Crippen molar-refractivity contribution < 1.29 is 13.5 Å². The zero-order valence-electron chi connectivity index (χ0n) is 18.0. The molecule has 0 aromatic heterocycles. The van der Waals surface area contributed by atoms with Gasteiger partial charge < -0.3 is 4.74 Å². The number of ether oxygens (including phenoxy) is 1. The van der Waals surface area contributed by atoms with Crippen LogP contribution in [0, 0.1) is 17.6 Å². The Morgan fingerprint density at radius 3 is 2.32 bits per heavy atom. The van der Waals surface area contributed by atoms with Crippen LogP contribution in [0.2, 0.25) is 0 Å². The van der Waals surface area contributed by atoms with Crippen molar-refractivity contribution in [3.05, 3.63) is 41.0 Å². The summed E-state index contributed by atoms with van der Waals surface area (Å²) >= 11 is 0. The molecule has 0 atom stereocenters. The molecule has 1 nitrogen and oxygen atoms in total. The quantitative estimate of drug-likeness (QED) is 0.273. The Bertz CT molecular complexity index is 615. The van der Waals surface area contributed by atoms with Crippen molar-refractivity contribution in [1.29, 1.82) is 0 Å². The first kappa shape index (κ1) is 22.9. The van der Waals surface area contributed by atoms with Gasteiger partial charge in [0.25, 0.3) is 0 Å². The van der Waals surface area contributed by atoms with E-state index in [4.69, 9.17) is 4.74 Å². The lowest BCUT2D eigenvalue weighted by atomic mass is 9.76. The number of hydrogen-bond acceptors (Lipinski definition) is 1. The highest BCUT2D eigenvalue weighted by Crippen LogP contribution is 2.43. The van der Waals surface area contributed by atoms with Crippen LogP contribution in [0.4, 0.5) is 8.78 Å². The molecule has 0 spiro atoms. The molecule has 158 valence electrons. The van der Waals surface area contributed by atoms with Crippen LogP contribution in [0.3, 0.4) is 0 Å². The smallest absolute Gasteiger partial charge is 0.166 e. The van der Waals surface area contributed by atoms with E-state index in [-0.39, 0.29) is 5.92 Å². The van der Waals surface area contributed by atoms with Gasteiger partial charge in [0.15, 0.2) is 11.6 Å². The van der Waals surface area contributed by atoms with Gasteiger partial charge in [-0.15, -0.1) is 0 Å². The van der Waals surface area contributed by atoms with Crippen LogP contribution < -0.4 is 4.74 Å². The third-order valence-electron chi connectivity index (χ3n) is 6.20. The van der Waals surface area contributed by atoms with Gasteiger partial charge in [-0.2, -0.15) is 0 Å². The lowest BCUT2D eigenvalue weighted by Crippen LogP contribution is -2.16. The molecular formula is C25H38F2O. The zero-order valence-corrected chi connectivity index (χ0v) is 18.0. The number of rotatable bonds is 11. The fourth-order valence-electron chi connectivity index (χ4n) is 4.44. The van der Waals surface area contributed by atoms with Crippen LogP contribution in [-0.4, -0.2) is 7.11 Å². The first-order valence-corrected chi connectivity index (χ1v) is 11.3. The third kappa shape index (κ3) is 6.32. The van der Waals surface area contributed by atoms with E-state index in [1.165, 1.54) is 25.7 Å². The van der Waals surface area contributed by atoms with Crippen molar-refractivity contribution in [3.8, 4) is 5.75 Å². The molecule has 1 fully saturated rings. The lowest BCUT2D eigenvalue weighted by molar-refractivity contribution is 0.290. The molecule has 0 radical (unpaired) electrons. The van der Waals surface area contributed by atoms with Crippen molar-refractivity contribution in [2.75, 3.05) is 7.11 Å². The molecule has 3 heteroatoms. The standard InChI is InChI=1S/C25H38F2O/c1-4-6-8-9-11-13-21-18-22(28-3)23(25(27)24(21)26)20-16-14-19(15-17-20)12-10-7-5-2/h9,11,18-20H,4-8,10,12-17H2,1-3H3/t19-,20-. The molecule has 0 unspecified atom stereocenters. The number of methoxy groups -OCH3 is 1. The van der Waals surface area contributed by atoms with Gasteiger partial charge in [-0.3, -0.25) is 0 Å². The normalized spacial score (nSPS) is 20.0. The molecule has 0 N–H and O–H groups in total. The number of unbranched alkanes of at least 4 members (excludes halogenated alkanes) is 4. The maximum Gasteiger partial charge on any atom is 0.166 e. The molecular weight excluding hydrogens is 354 g/mol. The number of allylic oxidation sites excluding steroid dienone is 2. The molecule has 1 saturated carbocycles. The van der Waals surface area contributed by atoms with Crippen molar-refractivity contribution in [2.45, 2.75) is 96.8 Å². The predicted octanol–water partition coefficient (Wildman–Crippen LogP) is 8.12. The average molecular weight is 393 g/mol. The van der Waals surface area contributed by atoms with Gasteiger partial charge in [0, 0.05) is 5.56 Å². The Balaban J connectivity index is 2.06. The summed E-state index contributed by atoms with van der Waals surface area (Å²) in [6.07, 6.45) is 16.8. The molecule has 1 aromatic carbocycles. The van der Waals surface area contributed by atoms with Crippen LogP contribution in [-0.2, 0) is 6.42 Å². The second kappa shape index (κ2) is 12.2. The Hall–Kier alpha value is -1.38. The summed E-state index contributed by atoms with van der Waals surface area (Å²) in [5, 5.41) is 0. The van der Waals surface area contributed by atoms with Gasteiger partial charge >= 0.3 is 0 Å². The topological polar surface area (TPSA) is 9.23 Å². The summed E-state index contributed by atoms with van der Waals surface area (Å²) < 4.78 is 35.2. The fourth-order valence-corrected chi connectivity index (χ4v) is 4.44.